The number of nitrogens with one attached hydrogen (secondary N) is 1. The number of alkyl halides is 3. The molecule has 5 rings (SSSR count). The quantitative estimate of drug-likeness (QED) is 0.463. The van der Waals surface area contributed by atoms with E-state index in [1.165, 1.54) is 19.2 Å². The number of ether oxygens (including phenoxy) is 2. The average molecular weight is 548 g/mol. The number of oxazole rings is 1. The molecule has 2 fully saturated rings. The Morgan fingerprint density at radius 3 is 2.51 bits per heavy atom. The Morgan fingerprint density at radius 2 is 1.87 bits per heavy atom. The van der Waals surface area contributed by atoms with Gasteiger partial charge in [0.05, 0.1) is 13.2 Å². The predicted molar refractivity (Wildman–Crippen MR) is 133 cm³/mol. The van der Waals surface area contributed by atoms with Crippen LogP contribution in [-0.2, 0) is 10.9 Å². The van der Waals surface area contributed by atoms with Crippen molar-refractivity contribution in [3.63, 3.8) is 0 Å². The number of likely N-dealkylation sites (tertiary alicyclic amines) is 1. The molecule has 1 saturated carbocycles. The van der Waals surface area contributed by atoms with Gasteiger partial charge >= 0.3 is 12.3 Å². The predicted octanol–water partition coefficient (Wildman–Crippen LogP) is 4.43. The molecule has 0 spiro atoms. The molecule has 1 aliphatic carbocycles. The van der Waals surface area contributed by atoms with E-state index in [0.717, 1.165) is 18.9 Å². The SMILES string of the molecule is COc1ccc(-c2nc(C(=O)NC3CC(OC(=O)N4CCCC4)C3)c([C@H](C)N)o2)c2ccc(C(F)(F)F)nc12. The van der Waals surface area contributed by atoms with Crippen molar-refractivity contribution in [3.05, 3.63) is 41.4 Å². The lowest BCUT2D eigenvalue weighted by Crippen LogP contribution is -2.49. The molecule has 208 valence electrons. The molecule has 3 heterocycles. The fourth-order valence-electron chi connectivity index (χ4n) is 4.77. The number of aromatic nitrogens is 2. The van der Waals surface area contributed by atoms with Crippen molar-refractivity contribution in [2.75, 3.05) is 20.2 Å². The van der Waals surface area contributed by atoms with Crippen LogP contribution in [0.2, 0.25) is 0 Å². The first-order valence-electron chi connectivity index (χ1n) is 12.6. The summed E-state index contributed by atoms with van der Waals surface area (Å²) in [5.41, 5.74) is 5.25. The maximum atomic E-state index is 13.3. The van der Waals surface area contributed by atoms with Crippen molar-refractivity contribution in [2.24, 2.45) is 5.73 Å². The summed E-state index contributed by atoms with van der Waals surface area (Å²) in [6.07, 6.45) is -2.36. The summed E-state index contributed by atoms with van der Waals surface area (Å²) in [4.78, 5) is 35.1. The van der Waals surface area contributed by atoms with Gasteiger partial charge in [0, 0.05) is 42.9 Å². The highest BCUT2D eigenvalue weighted by atomic mass is 19.4. The third-order valence-electron chi connectivity index (χ3n) is 6.90. The largest absolute Gasteiger partial charge is 0.494 e. The average Bonchev–Trinajstić information content (AvgIpc) is 3.56. The van der Waals surface area contributed by atoms with Gasteiger partial charge in [-0.25, -0.2) is 14.8 Å². The van der Waals surface area contributed by atoms with Gasteiger partial charge in [-0.15, -0.1) is 0 Å². The number of benzene rings is 1. The fourth-order valence-corrected chi connectivity index (χ4v) is 4.77. The van der Waals surface area contributed by atoms with Crippen LogP contribution in [0.3, 0.4) is 0 Å². The molecule has 2 aliphatic rings. The normalized spacial score (nSPS) is 20.0. The number of nitrogens with zero attached hydrogens (tertiary/aromatic N) is 3. The first-order chi connectivity index (χ1) is 18.5. The number of fused-ring (bicyclic) bond motifs is 1. The highest BCUT2D eigenvalue weighted by molar-refractivity contribution is 5.98. The maximum Gasteiger partial charge on any atom is 0.433 e. The molecule has 0 radical (unpaired) electrons. The number of carbonyl (C=O) groups is 2. The standard InChI is InChI=1S/C26H28F3N5O5/c1-13(30)22-21(23(35)31-14-11-15(12-14)38-25(36)34-9-3-4-10-34)33-24(39-22)17-5-7-18(37-2)20-16(17)6-8-19(32-20)26(27,28)29/h5-8,13-15H,3-4,9-12,30H2,1-2H3,(H,31,35)/t13-,14?,15?/m0/s1. The van der Waals surface area contributed by atoms with Gasteiger partial charge < -0.3 is 29.8 Å². The second-order valence-corrected chi connectivity index (χ2v) is 9.77. The molecule has 2 aromatic heterocycles. The Hall–Kier alpha value is -3.87. The van der Waals surface area contributed by atoms with E-state index in [9.17, 15) is 22.8 Å². The van der Waals surface area contributed by atoms with Gasteiger partial charge in [0.2, 0.25) is 5.89 Å². The topological polar surface area (TPSA) is 133 Å². The van der Waals surface area contributed by atoms with Crippen molar-refractivity contribution in [2.45, 2.75) is 57.0 Å². The van der Waals surface area contributed by atoms with Crippen molar-refractivity contribution in [1.29, 1.82) is 0 Å². The Labute approximate surface area is 221 Å². The number of methoxy groups -OCH3 is 1. The monoisotopic (exact) mass is 547 g/mol. The zero-order chi connectivity index (χ0) is 27.9. The van der Waals surface area contributed by atoms with Crippen LogP contribution in [0.25, 0.3) is 22.4 Å². The molecule has 2 amide bonds. The van der Waals surface area contributed by atoms with E-state index in [0.29, 0.717) is 36.9 Å². The minimum atomic E-state index is -4.64. The third kappa shape index (κ3) is 5.35. The van der Waals surface area contributed by atoms with Gasteiger partial charge in [-0.2, -0.15) is 13.2 Å². The van der Waals surface area contributed by atoms with Gasteiger partial charge in [-0.3, -0.25) is 4.79 Å². The van der Waals surface area contributed by atoms with E-state index in [1.54, 1.807) is 17.9 Å². The summed E-state index contributed by atoms with van der Waals surface area (Å²) in [5.74, 6) is -0.237. The highest BCUT2D eigenvalue weighted by Gasteiger charge is 2.37. The Kier molecular flexibility index (Phi) is 7.10. The van der Waals surface area contributed by atoms with Crippen molar-refractivity contribution >= 4 is 22.9 Å². The van der Waals surface area contributed by atoms with Crippen LogP contribution >= 0.6 is 0 Å². The van der Waals surface area contributed by atoms with Crippen LogP contribution in [0.15, 0.2) is 28.7 Å². The van der Waals surface area contributed by atoms with Gasteiger partial charge in [0.15, 0.2) is 11.5 Å². The zero-order valence-corrected chi connectivity index (χ0v) is 21.4. The van der Waals surface area contributed by atoms with E-state index in [-0.39, 0.29) is 46.9 Å². The van der Waals surface area contributed by atoms with Gasteiger partial charge in [0.25, 0.3) is 5.91 Å². The lowest BCUT2D eigenvalue weighted by molar-refractivity contribution is -0.140. The van der Waals surface area contributed by atoms with Gasteiger partial charge in [-0.1, -0.05) is 0 Å². The summed E-state index contributed by atoms with van der Waals surface area (Å²) in [5, 5.41) is 3.17. The summed E-state index contributed by atoms with van der Waals surface area (Å²) in [7, 11) is 1.33. The smallest absolute Gasteiger partial charge is 0.433 e. The minimum Gasteiger partial charge on any atom is -0.494 e. The zero-order valence-electron chi connectivity index (χ0n) is 21.4. The van der Waals surface area contributed by atoms with Crippen LogP contribution in [-0.4, -0.2) is 59.2 Å². The minimum absolute atomic E-state index is 0.00712. The van der Waals surface area contributed by atoms with Crippen molar-refractivity contribution in [1.82, 2.24) is 20.2 Å². The molecule has 1 saturated heterocycles. The number of nitrogens with two attached hydrogens (primary N) is 1. The van der Waals surface area contributed by atoms with Gasteiger partial charge in [0.1, 0.15) is 23.1 Å². The summed E-state index contributed by atoms with van der Waals surface area (Å²) >= 11 is 0. The van der Waals surface area contributed by atoms with Gasteiger partial charge in [-0.05, 0) is 44.0 Å². The molecular weight excluding hydrogens is 519 g/mol. The number of hydrogen-bond donors (Lipinski definition) is 2. The molecule has 1 aliphatic heterocycles. The fraction of sp³-hybridized carbons (Fsp3) is 0.462. The van der Waals surface area contributed by atoms with E-state index in [2.05, 4.69) is 15.3 Å². The Balaban J connectivity index is 1.35. The van der Waals surface area contributed by atoms with Crippen molar-refractivity contribution in [3.8, 4) is 17.2 Å². The molecule has 39 heavy (non-hydrogen) atoms. The lowest BCUT2D eigenvalue weighted by Gasteiger charge is -2.35. The number of amides is 2. The third-order valence-corrected chi connectivity index (χ3v) is 6.90. The maximum absolute atomic E-state index is 13.3. The van der Waals surface area contributed by atoms with Crippen LogP contribution in [0.5, 0.6) is 5.75 Å². The van der Waals surface area contributed by atoms with E-state index < -0.39 is 23.8 Å². The summed E-state index contributed by atoms with van der Waals surface area (Å²) < 4.78 is 56.4. The lowest BCUT2D eigenvalue weighted by atomic mass is 9.89. The molecule has 0 bridgehead atoms. The molecule has 1 aromatic carbocycles. The second-order valence-electron chi connectivity index (χ2n) is 9.77. The van der Waals surface area contributed by atoms with E-state index in [4.69, 9.17) is 19.6 Å². The molecule has 10 nitrogen and oxygen atoms in total. The van der Waals surface area contributed by atoms with Crippen LogP contribution in [0.1, 0.15) is 60.6 Å². The summed E-state index contributed by atoms with van der Waals surface area (Å²) in [6, 6.07) is 4.23. The molecule has 13 heteroatoms. The van der Waals surface area contributed by atoms with Crippen LogP contribution in [0.4, 0.5) is 18.0 Å². The first kappa shape index (κ1) is 26.7. The second kappa shape index (κ2) is 10.4. The molecule has 3 aromatic rings. The summed E-state index contributed by atoms with van der Waals surface area (Å²) in [6.45, 7) is 3.02. The number of pyridine rings is 1. The number of halogens is 3. The van der Waals surface area contributed by atoms with Crippen LogP contribution in [0, 0.1) is 0 Å². The van der Waals surface area contributed by atoms with Crippen molar-refractivity contribution < 1.29 is 36.7 Å². The highest BCUT2D eigenvalue weighted by Crippen LogP contribution is 2.37. The number of rotatable bonds is 6. The molecule has 0 unspecified atom stereocenters. The number of carbonyl (C=O) groups excluding carboxylic acids is 2. The molecule has 3 N–H and O–H groups in total. The van der Waals surface area contributed by atoms with E-state index in [1.807, 2.05) is 0 Å². The molecule has 1 atom stereocenters. The first-order valence-corrected chi connectivity index (χ1v) is 12.6. The molecular formula is C26H28F3N5O5. The Morgan fingerprint density at radius 1 is 1.15 bits per heavy atom. The van der Waals surface area contributed by atoms with Crippen LogP contribution < -0.4 is 15.8 Å². The Bertz CT molecular complexity index is 1390. The number of hydrogen-bond acceptors (Lipinski definition) is 8. The van der Waals surface area contributed by atoms with E-state index >= 15 is 0 Å².